The maximum atomic E-state index is 13.6. The SMILES string of the molecule is O=S1(=O)C[C@H]2N=C(SCCCc3ccccc3)N(c3ccc(F)c(Cl)c3)[C@H]2C1. The molecule has 0 aromatic heterocycles. The number of aryl methyl sites for hydroxylation is 1. The average Bonchev–Trinajstić information content (AvgIpc) is 3.13. The minimum atomic E-state index is -3.11. The molecule has 1 saturated heterocycles. The second kappa shape index (κ2) is 8.05. The van der Waals surface area contributed by atoms with Crippen LogP contribution in [0.4, 0.5) is 10.1 Å². The number of benzene rings is 2. The molecule has 2 aromatic carbocycles. The summed E-state index contributed by atoms with van der Waals surface area (Å²) in [5.41, 5.74) is 1.98. The third-order valence-corrected chi connectivity index (χ3v) is 8.01. The van der Waals surface area contributed by atoms with Gasteiger partial charge in [-0.15, -0.1) is 0 Å². The molecule has 2 aliphatic rings. The van der Waals surface area contributed by atoms with Crippen molar-refractivity contribution in [2.24, 2.45) is 4.99 Å². The second-order valence-corrected chi connectivity index (χ2v) is 10.7. The van der Waals surface area contributed by atoms with Crippen molar-refractivity contribution in [2.75, 3.05) is 22.2 Å². The second-order valence-electron chi connectivity index (χ2n) is 7.03. The Bertz CT molecular complexity index is 999. The van der Waals surface area contributed by atoms with Crippen LogP contribution >= 0.6 is 23.4 Å². The number of anilines is 1. The first-order valence-electron chi connectivity index (χ1n) is 9.12. The van der Waals surface area contributed by atoms with Crippen molar-refractivity contribution >= 4 is 44.1 Å². The van der Waals surface area contributed by atoms with E-state index in [0.717, 1.165) is 23.8 Å². The molecule has 2 aromatic rings. The van der Waals surface area contributed by atoms with Gasteiger partial charge in [-0.05, 0) is 36.6 Å². The van der Waals surface area contributed by atoms with Gasteiger partial charge < -0.3 is 4.90 Å². The van der Waals surface area contributed by atoms with Crippen molar-refractivity contribution in [2.45, 2.75) is 24.9 Å². The Morgan fingerprint density at radius 3 is 2.71 bits per heavy atom. The summed E-state index contributed by atoms with van der Waals surface area (Å²) in [6.45, 7) is 0. The van der Waals surface area contributed by atoms with Gasteiger partial charge in [0.1, 0.15) is 5.82 Å². The number of thioether (sulfide) groups is 1. The number of nitrogens with zero attached hydrogens (tertiary/aromatic N) is 2. The Labute approximate surface area is 173 Å². The molecule has 0 bridgehead atoms. The highest BCUT2D eigenvalue weighted by Crippen LogP contribution is 2.36. The van der Waals surface area contributed by atoms with E-state index < -0.39 is 15.7 Å². The minimum absolute atomic E-state index is 0.0234. The van der Waals surface area contributed by atoms with Crippen LogP contribution in [0.15, 0.2) is 53.5 Å². The van der Waals surface area contributed by atoms with Crippen LogP contribution in [0.5, 0.6) is 0 Å². The molecule has 2 heterocycles. The molecule has 0 amide bonds. The fraction of sp³-hybridized carbons (Fsp3) is 0.350. The number of amidine groups is 1. The van der Waals surface area contributed by atoms with Crippen molar-refractivity contribution in [3.05, 3.63) is 64.9 Å². The molecule has 148 valence electrons. The van der Waals surface area contributed by atoms with Crippen LogP contribution in [0.1, 0.15) is 12.0 Å². The summed E-state index contributed by atoms with van der Waals surface area (Å²) in [6.07, 6.45) is 1.96. The van der Waals surface area contributed by atoms with Crippen molar-refractivity contribution in [1.29, 1.82) is 0 Å². The zero-order valence-electron chi connectivity index (χ0n) is 15.1. The van der Waals surface area contributed by atoms with E-state index in [9.17, 15) is 12.8 Å². The minimum Gasteiger partial charge on any atom is -0.315 e. The molecule has 4 rings (SSSR count). The lowest BCUT2D eigenvalue weighted by Gasteiger charge is -2.26. The topological polar surface area (TPSA) is 49.7 Å². The first-order valence-corrected chi connectivity index (χ1v) is 12.3. The van der Waals surface area contributed by atoms with Gasteiger partial charge in [0.25, 0.3) is 0 Å². The van der Waals surface area contributed by atoms with Crippen molar-refractivity contribution < 1.29 is 12.8 Å². The Kier molecular flexibility index (Phi) is 5.67. The predicted octanol–water partition coefficient (Wildman–Crippen LogP) is 4.19. The molecule has 0 N–H and O–H groups in total. The fourth-order valence-corrected chi connectivity index (χ4v) is 6.73. The summed E-state index contributed by atoms with van der Waals surface area (Å²) in [6, 6.07) is 14.3. The summed E-state index contributed by atoms with van der Waals surface area (Å²) in [7, 11) is -3.11. The molecule has 0 aliphatic carbocycles. The lowest BCUT2D eigenvalue weighted by atomic mass is 10.1. The standard InChI is InChI=1S/C20H20ClFN2O2S2/c21-16-11-15(8-9-17(16)22)24-19-13-28(25,26)12-18(19)23-20(24)27-10-4-7-14-5-2-1-3-6-14/h1-3,5-6,8-9,11,18-19H,4,7,10,12-13H2/t18-,19+/m1/s1. The van der Waals surface area contributed by atoms with Gasteiger partial charge in [-0.25, -0.2) is 12.8 Å². The Hall–Kier alpha value is -1.57. The lowest BCUT2D eigenvalue weighted by Crippen LogP contribution is -2.39. The normalized spacial score (nSPS) is 22.9. The smallest absolute Gasteiger partial charge is 0.164 e. The van der Waals surface area contributed by atoms with Crippen LogP contribution in [0.3, 0.4) is 0 Å². The third-order valence-electron chi connectivity index (χ3n) is 4.97. The van der Waals surface area contributed by atoms with Gasteiger partial charge in [0.05, 0.1) is 28.6 Å². The average molecular weight is 439 g/mol. The van der Waals surface area contributed by atoms with Crippen LogP contribution in [-0.2, 0) is 16.3 Å². The number of fused-ring (bicyclic) bond motifs is 1. The molecular weight excluding hydrogens is 419 g/mol. The lowest BCUT2D eigenvalue weighted by molar-refractivity contribution is 0.601. The van der Waals surface area contributed by atoms with E-state index in [1.807, 2.05) is 23.1 Å². The molecule has 2 aliphatic heterocycles. The van der Waals surface area contributed by atoms with Gasteiger partial charge >= 0.3 is 0 Å². The van der Waals surface area contributed by atoms with Crippen LogP contribution < -0.4 is 4.90 Å². The fourth-order valence-electron chi connectivity index (χ4n) is 3.65. The van der Waals surface area contributed by atoms with Crippen molar-refractivity contribution in [3.8, 4) is 0 Å². The summed E-state index contributed by atoms with van der Waals surface area (Å²) in [5.74, 6) is 0.501. The van der Waals surface area contributed by atoms with Gasteiger partial charge in [0.2, 0.25) is 0 Å². The molecule has 2 atom stereocenters. The van der Waals surface area contributed by atoms with Crippen LogP contribution in [-0.4, -0.2) is 42.9 Å². The largest absolute Gasteiger partial charge is 0.315 e. The first kappa shape index (κ1) is 19.7. The van der Waals surface area contributed by atoms with Crippen LogP contribution in [0, 0.1) is 5.82 Å². The number of aliphatic imine (C=N–C) groups is 1. The predicted molar refractivity (Wildman–Crippen MR) is 115 cm³/mol. The van der Waals surface area contributed by atoms with E-state index in [0.29, 0.717) is 5.69 Å². The van der Waals surface area contributed by atoms with Gasteiger partial charge in [0.15, 0.2) is 15.0 Å². The molecule has 0 saturated carbocycles. The van der Waals surface area contributed by atoms with Gasteiger partial charge in [0, 0.05) is 11.4 Å². The highest BCUT2D eigenvalue weighted by Gasteiger charge is 2.47. The molecular formula is C20H20ClFN2O2S2. The van der Waals surface area contributed by atoms with Crippen molar-refractivity contribution in [1.82, 2.24) is 0 Å². The van der Waals surface area contributed by atoms with Gasteiger partial charge in [-0.1, -0.05) is 53.7 Å². The van der Waals surface area contributed by atoms with Gasteiger partial charge in [-0.2, -0.15) is 0 Å². The highest BCUT2D eigenvalue weighted by atomic mass is 35.5. The zero-order chi connectivity index (χ0) is 19.7. The Morgan fingerprint density at radius 2 is 1.96 bits per heavy atom. The molecule has 4 nitrogen and oxygen atoms in total. The van der Waals surface area contributed by atoms with E-state index in [4.69, 9.17) is 11.6 Å². The van der Waals surface area contributed by atoms with E-state index in [1.165, 1.54) is 11.6 Å². The van der Waals surface area contributed by atoms with Crippen LogP contribution in [0.25, 0.3) is 0 Å². The maximum Gasteiger partial charge on any atom is 0.164 e. The summed E-state index contributed by atoms with van der Waals surface area (Å²) in [5, 5.41) is 0.816. The van der Waals surface area contributed by atoms with Gasteiger partial charge in [-0.3, -0.25) is 4.99 Å². The highest BCUT2D eigenvalue weighted by molar-refractivity contribution is 8.14. The monoisotopic (exact) mass is 438 g/mol. The maximum absolute atomic E-state index is 13.6. The Morgan fingerprint density at radius 1 is 1.18 bits per heavy atom. The summed E-state index contributed by atoms with van der Waals surface area (Å²) >= 11 is 7.58. The van der Waals surface area contributed by atoms with E-state index >= 15 is 0 Å². The molecule has 1 fully saturated rings. The number of halogens is 2. The van der Waals surface area contributed by atoms with E-state index in [-0.39, 0.29) is 28.6 Å². The molecule has 0 spiro atoms. The van der Waals surface area contributed by atoms with Crippen molar-refractivity contribution in [3.63, 3.8) is 0 Å². The zero-order valence-corrected chi connectivity index (χ0v) is 17.5. The summed E-state index contributed by atoms with van der Waals surface area (Å²) in [4.78, 5) is 6.61. The molecule has 8 heteroatoms. The number of sulfone groups is 1. The number of hydrogen-bond acceptors (Lipinski definition) is 5. The molecule has 28 heavy (non-hydrogen) atoms. The molecule has 0 radical (unpaired) electrons. The van der Waals surface area contributed by atoms with E-state index in [1.54, 1.807) is 23.9 Å². The van der Waals surface area contributed by atoms with Crippen LogP contribution in [0.2, 0.25) is 5.02 Å². The number of hydrogen-bond donors (Lipinski definition) is 0. The van der Waals surface area contributed by atoms with E-state index in [2.05, 4.69) is 17.1 Å². The number of rotatable bonds is 5. The third kappa shape index (κ3) is 4.21. The molecule has 0 unspecified atom stereocenters. The Balaban J connectivity index is 1.49. The first-order chi connectivity index (χ1) is 13.4. The summed E-state index contributed by atoms with van der Waals surface area (Å²) < 4.78 is 37.8. The quantitative estimate of drug-likeness (QED) is 0.657.